The Morgan fingerprint density at radius 1 is 1.23 bits per heavy atom. The number of aromatic nitrogens is 4. The van der Waals surface area contributed by atoms with Crippen LogP contribution < -0.4 is 15.4 Å². The molecule has 156 valence electrons. The minimum Gasteiger partial charge on any atom is -0.493 e. The largest absolute Gasteiger partial charge is 0.493 e. The molecule has 0 atom stereocenters. The first kappa shape index (κ1) is 17.9. The zero-order chi connectivity index (χ0) is 20.1. The molecule has 0 amide bonds. The molecule has 1 saturated carbocycles. The number of hydrogen-bond donors (Lipinski definition) is 2. The molecule has 1 saturated heterocycles. The van der Waals surface area contributed by atoms with E-state index in [9.17, 15) is 0 Å². The summed E-state index contributed by atoms with van der Waals surface area (Å²) in [5.74, 6) is 2.83. The quantitative estimate of drug-likeness (QED) is 0.687. The van der Waals surface area contributed by atoms with E-state index in [1.807, 2.05) is 0 Å². The summed E-state index contributed by atoms with van der Waals surface area (Å²) in [5.41, 5.74) is 9.81. The van der Waals surface area contributed by atoms with Gasteiger partial charge in [0.15, 0.2) is 11.5 Å². The minimum absolute atomic E-state index is 0.231. The average molecular weight is 406 g/mol. The van der Waals surface area contributed by atoms with Crippen molar-refractivity contribution in [1.82, 2.24) is 19.9 Å². The van der Waals surface area contributed by atoms with Crippen molar-refractivity contribution in [2.75, 3.05) is 36.9 Å². The Morgan fingerprint density at radius 2 is 2.10 bits per heavy atom. The molecule has 1 spiro atoms. The molecule has 2 fully saturated rings. The fraction of sp³-hybridized carbons (Fsp3) is 0.500. The summed E-state index contributed by atoms with van der Waals surface area (Å²) in [4.78, 5) is 18.3. The van der Waals surface area contributed by atoms with Crippen LogP contribution in [-0.2, 0) is 16.8 Å². The van der Waals surface area contributed by atoms with Crippen LogP contribution in [0.1, 0.15) is 36.8 Å². The van der Waals surface area contributed by atoms with Crippen molar-refractivity contribution in [3.63, 3.8) is 0 Å². The van der Waals surface area contributed by atoms with Gasteiger partial charge in [0.25, 0.3) is 0 Å². The van der Waals surface area contributed by atoms with Gasteiger partial charge in [0.1, 0.15) is 11.3 Å². The van der Waals surface area contributed by atoms with E-state index in [-0.39, 0.29) is 11.5 Å². The minimum atomic E-state index is -0.231. The van der Waals surface area contributed by atoms with Gasteiger partial charge in [-0.15, -0.1) is 0 Å². The van der Waals surface area contributed by atoms with E-state index in [0.717, 1.165) is 68.6 Å². The monoisotopic (exact) mass is 406 g/mol. The first-order chi connectivity index (χ1) is 14.7. The second kappa shape index (κ2) is 6.84. The highest BCUT2D eigenvalue weighted by atomic mass is 16.5. The third kappa shape index (κ3) is 3.06. The van der Waals surface area contributed by atoms with E-state index < -0.39 is 0 Å². The maximum absolute atomic E-state index is 6.42. The summed E-state index contributed by atoms with van der Waals surface area (Å²) < 4.78 is 12.4. The molecule has 4 heterocycles. The Morgan fingerprint density at radius 3 is 2.93 bits per heavy atom. The third-order valence-corrected chi connectivity index (χ3v) is 6.65. The van der Waals surface area contributed by atoms with E-state index in [4.69, 9.17) is 15.2 Å². The highest BCUT2D eigenvalue weighted by Crippen LogP contribution is 2.43. The standard InChI is InChI=1S/C22H26N6O2/c23-21-26-19-18(24-13-25-19)20(27-21)28-8-6-22(7-9-28)17-4-3-16(29-12-14-1-2-14)11-15(17)5-10-30-22/h3-4,11,13-14H,1-2,5-10,12H2,(H3,23,24,25,26,27). The van der Waals surface area contributed by atoms with Crippen LogP contribution in [0.15, 0.2) is 24.5 Å². The molecule has 3 N–H and O–H groups in total. The SMILES string of the molecule is Nc1nc(N2CCC3(CC2)OCCc2cc(OCC4CC4)ccc23)c2[nH]cnc2n1. The molecule has 3 aliphatic rings. The Bertz CT molecular complexity index is 1080. The van der Waals surface area contributed by atoms with Gasteiger partial charge in [-0.1, -0.05) is 6.07 Å². The number of H-pyrrole nitrogens is 1. The Labute approximate surface area is 174 Å². The Balaban J connectivity index is 1.24. The van der Waals surface area contributed by atoms with Crippen LogP contribution in [0.5, 0.6) is 5.75 Å². The number of nitrogens with zero attached hydrogens (tertiary/aromatic N) is 4. The summed E-state index contributed by atoms with van der Waals surface area (Å²) in [5, 5.41) is 0. The zero-order valence-corrected chi connectivity index (χ0v) is 16.9. The maximum Gasteiger partial charge on any atom is 0.224 e. The van der Waals surface area contributed by atoms with Crippen molar-refractivity contribution in [2.45, 2.75) is 37.7 Å². The molecule has 8 heteroatoms. The lowest BCUT2D eigenvalue weighted by Crippen LogP contribution is -2.47. The highest BCUT2D eigenvalue weighted by Gasteiger charge is 2.41. The molecule has 2 aliphatic heterocycles. The number of anilines is 2. The maximum atomic E-state index is 6.42. The molecular weight excluding hydrogens is 380 g/mol. The normalized spacial score (nSPS) is 20.5. The molecule has 1 aliphatic carbocycles. The van der Waals surface area contributed by atoms with Gasteiger partial charge >= 0.3 is 0 Å². The van der Waals surface area contributed by atoms with Crippen LogP contribution in [0.25, 0.3) is 11.2 Å². The second-order valence-corrected chi connectivity index (χ2v) is 8.66. The lowest BCUT2D eigenvalue weighted by Gasteiger charge is -2.45. The van der Waals surface area contributed by atoms with Crippen molar-refractivity contribution >= 4 is 22.9 Å². The number of imidazole rings is 1. The summed E-state index contributed by atoms with van der Waals surface area (Å²) in [7, 11) is 0. The number of ether oxygens (including phenoxy) is 2. The Kier molecular flexibility index (Phi) is 4.09. The molecule has 0 unspecified atom stereocenters. The predicted molar refractivity (Wildman–Crippen MR) is 114 cm³/mol. The molecule has 3 aromatic rings. The lowest BCUT2D eigenvalue weighted by atomic mass is 9.79. The number of aromatic amines is 1. The first-order valence-electron chi connectivity index (χ1n) is 10.8. The number of rotatable bonds is 4. The third-order valence-electron chi connectivity index (χ3n) is 6.65. The number of piperidine rings is 1. The van der Waals surface area contributed by atoms with Crippen molar-refractivity contribution in [1.29, 1.82) is 0 Å². The van der Waals surface area contributed by atoms with Gasteiger partial charge in [-0.25, -0.2) is 4.98 Å². The predicted octanol–water partition coefficient (Wildman–Crippen LogP) is 2.79. The van der Waals surface area contributed by atoms with Gasteiger partial charge in [0, 0.05) is 13.1 Å². The lowest BCUT2D eigenvalue weighted by molar-refractivity contribution is -0.0767. The smallest absolute Gasteiger partial charge is 0.224 e. The molecule has 0 bridgehead atoms. The molecule has 1 aromatic carbocycles. The summed E-state index contributed by atoms with van der Waals surface area (Å²) >= 11 is 0. The van der Waals surface area contributed by atoms with E-state index in [0.29, 0.717) is 5.65 Å². The van der Waals surface area contributed by atoms with Gasteiger partial charge < -0.3 is 25.1 Å². The van der Waals surface area contributed by atoms with Gasteiger partial charge in [-0.2, -0.15) is 9.97 Å². The van der Waals surface area contributed by atoms with Gasteiger partial charge in [-0.3, -0.25) is 0 Å². The summed E-state index contributed by atoms with van der Waals surface area (Å²) in [6, 6.07) is 6.57. The fourth-order valence-corrected chi connectivity index (χ4v) is 4.80. The highest BCUT2D eigenvalue weighted by molar-refractivity contribution is 5.84. The van der Waals surface area contributed by atoms with Gasteiger partial charge in [0.2, 0.25) is 5.95 Å². The van der Waals surface area contributed by atoms with Crippen molar-refractivity contribution < 1.29 is 9.47 Å². The van der Waals surface area contributed by atoms with Crippen LogP contribution in [0.2, 0.25) is 0 Å². The van der Waals surface area contributed by atoms with Crippen LogP contribution in [-0.4, -0.2) is 46.2 Å². The first-order valence-corrected chi connectivity index (χ1v) is 10.8. The van der Waals surface area contributed by atoms with Crippen molar-refractivity contribution in [2.24, 2.45) is 5.92 Å². The Hall–Kier alpha value is -2.87. The second-order valence-electron chi connectivity index (χ2n) is 8.66. The molecule has 6 rings (SSSR count). The van der Waals surface area contributed by atoms with Crippen molar-refractivity contribution in [3.05, 3.63) is 35.7 Å². The summed E-state index contributed by atoms with van der Waals surface area (Å²) in [6.45, 7) is 3.28. The van der Waals surface area contributed by atoms with Gasteiger partial charge in [0.05, 0.1) is 25.1 Å². The van der Waals surface area contributed by atoms with Gasteiger partial charge in [-0.05, 0) is 61.3 Å². The fourth-order valence-electron chi connectivity index (χ4n) is 4.80. The van der Waals surface area contributed by atoms with E-state index in [2.05, 4.69) is 43.0 Å². The number of benzene rings is 1. The topological polar surface area (TPSA) is 102 Å². The zero-order valence-electron chi connectivity index (χ0n) is 16.9. The molecular formula is C22H26N6O2. The molecule has 0 radical (unpaired) electrons. The number of hydrogen-bond acceptors (Lipinski definition) is 7. The van der Waals surface area contributed by atoms with E-state index >= 15 is 0 Å². The van der Waals surface area contributed by atoms with E-state index in [1.54, 1.807) is 6.33 Å². The number of nitrogens with one attached hydrogen (secondary N) is 1. The van der Waals surface area contributed by atoms with Crippen LogP contribution in [0.4, 0.5) is 11.8 Å². The summed E-state index contributed by atoms with van der Waals surface area (Å²) in [6.07, 6.45) is 7.00. The van der Waals surface area contributed by atoms with Crippen LogP contribution >= 0.6 is 0 Å². The number of fused-ring (bicyclic) bond motifs is 3. The number of nitrogen functional groups attached to an aromatic ring is 1. The van der Waals surface area contributed by atoms with Crippen LogP contribution in [0.3, 0.4) is 0 Å². The number of nitrogens with two attached hydrogens (primary N) is 1. The molecule has 8 nitrogen and oxygen atoms in total. The average Bonchev–Trinajstić information content (AvgIpc) is 3.48. The molecule has 2 aromatic heterocycles. The molecule has 30 heavy (non-hydrogen) atoms. The van der Waals surface area contributed by atoms with Crippen LogP contribution in [0, 0.1) is 5.92 Å². The van der Waals surface area contributed by atoms with E-state index in [1.165, 1.54) is 24.0 Å². The van der Waals surface area contributed by atoms with Crippen molar-refractivity contribution in [3.8, 4) is 5.75 Å².